The van der Waals surface area contributed by atoms with Gasteiger partial charge in [-0.2, -0.15) is 0 Å². The van der Waals surface area contributed by atoms with Gasteiger partial charge in [0.15, 0.2) is 0 Å². The minimum Gasteiger partial charge on any atom is -0.369 e. The molecule has 0 aromatic carbocycles. The molecule has 5 nitrogen and oxygen atoms in total. The van der Waals surface area contributed by atoms with E-state index in [9.17, 15) is 0 Å². The van der Waals surface area contributed by atoms with E-state index in [2.05, 4.69) is 19.4 Å². The highest BCUT2D eigenvalue weighted by molar-refractivity contribution is 5.76. The zero-order valence-electron chi connectivity index (χ0n) is 10.5. The fourth-order valence-corrected chi connectivity index (χ4v) is 2.66. The van der Waals surface area contributed by atoms with Crippen LogP contribution in [0.4, 0.5) is 5.95 Å². The Kier molecular flexibility index (Phi) is 3.15. The van der Waals surface area contributed by atoms with Crippen molar-refractivity contribution in [3.8, 4) is 0 Å². The molecule has 1 aliphatic heterocycles. The van der Waals surface area contributed by atoms with E-state index >= 15 is 0 Å². The largest absolute Gasteiger partial charge is 0.369 e. The number of fused-ring (bicyclic) bond motifs is 1. The second kappa shape index (κ2) is 4.94. The van der Waals surface area contributed by atoms with E-state index in [1.807, 2.05) is 6.07 Å². The molecule has 2 N–H and O–H groups in total. The Balaban J connectivity index is 1.75. The van der Waals surface area contributed by atoms with Crippen LogP contribution in [-0.2, 0) is 6.54 Å². The molecule has 2 aromatic rings. The van der Waals surface area contributed by atoms with Gasteiger partial charge in [0, 0.05) is 19.3 Å². The van der Waals surface area contributed by atoms with Crippen molar-refractivity contribution in [3.05, 3.63) is 18.5 Å². The first kappa shape index (κ1) is 11.5. The second-order valence-electron chi connectivity index (χ2n) is 4.89. The Morgan fingerprint density at radius 3 is 2.83 bits per heavy atom. The summed E-state index contributed by atoms with van der Waals surface area (Å²) < 4.78 is 2.09. The van der Waals surface area contributed by atoms with E-state index < -0.39 is 0 Å². The summed E-state index contributed by atoms with van der Waals surface area (Å²) in [5.74, 6) is 0.593. The van der Waals surface area contributed by atoms with Crippen LogP contribution in [0.5, 0.6) is 0 Å². The van der Waals surface area contributed by atoms with Gasteiger partial charge in [0.05, 0.1) is 11.7 Å². The van der Waals surface area contributed by atoms with Crippen molar-refractivity contribution in [1.29, 1.82) is 0 Å². The Bertz CT molecular complexity index is 527. The molecule has 96 valence electrons. The summed E-state index contributed by atoms with van der Waals surface area (Å²) in [4.78, 5) is 10.9. The number of hydrogen-bond donors (Lipinski definition) is 1. The van der Waals surface area contributed by atoms with E-state index in [1.165, 1.54) is 32.4 Å². The molecule has 1 fully saturated rings. The lowest BCUT2D eigenvalue weighted by molar-refractivity contribution is 0.222. The number of likely N-dealkylation sites (tertiary alicyclic amines) is 1. The highest BCUT2D eigenvalue weighted by Crippen LogP contribution is 2.16. The molecule has 3 rings (SSSR count). The first-order valence-electron chi connectivity index (χ1n) is 6.63. The SMILES string of the molecule is Nc1nc2cnccc2n1CCN1CCCCC1. The summed E-state index contributed by atoms with van der Waals surface area (Å²) >= 11 is 0. The number of aromatic nitrogens is 3. The number of nitrogens with two attached hydrogens (primary N) is 1. The molecule has 2 aromatic heterocycles. The maximum absolute atomic E-state index is 5.97. The average molecular weight is 245 g/mol. The molecule has 0 unspecified atom stereocenters. The molecule has 3 heterocycles. The van der Waals surface area contributed by atoms with Gasteiger partial charge >= 0.3 is 0 Å². The van der Waals surface area contributed by atoms with Crippen molar-refractivity contribution in [2.24, 2.45) is 0 Å². The number of rotatable bonds is 3. The highest BCUT2D eigenvalue weighted by atomic mass is 15.2. The zero-order valence-corrected chi connectivity index (χ0v) is 10.5. The predicted molar refractivity (Wildman–Crippen MR) is 72.2 cm³/mol. The molecule has 0 saturated carbocycles. The maximum atomic E-state index is 5.97. The Morgan fingerprint density at radius 2 is 2.00 bits per heavy atom. The molecular weight excluding hydrogens is 226 g/mol. The van der Waals surface area contributed by atoms with E-state index in [-0.39, 0.29) is 0 Å². The lowest BCUT2D eigenvalue weighted by Crippen LogP contribution is -2.32. The van der Waals surface area contributed by atoms with Gasteiger partial charge in [0.25, 0.3) is 0 Å². The van der Waals surface area contributed by atoms with Crippen molar-refractivity contribution in [3.63, 3.8) is 0 Å². The molecule has 5 heteroatoms. The van der Waals surface area contributed by atoms with E-state index in [0.29, 0.717) is 5.95 Å². The van der Waals surface area contributed by atoms with Crippen molar-refractivity contribution >= 4 is 17.0 Å². The quantitative estimate of drug-likeness (QED) is 0.890. The average Bonchev–Trinajstić information content (AvgIpc) is 2.73. The number of anilines is 1. The third kappa shape index (κ3) is 2.18. The van der Waals surface area contributed by atoms with Crippen LogP contribution in [0.2, 0.25) is 0 Å². The molecule has 0 aliphatic carbocycles. The van der Waals surface area contributed by atoms with E-state index in [1.54, 1.807) is 12.4 Å². The minimum absolute atomic E-state index is 0.593. The van der Waals surface area contributed by atoms with Gasteiger partial charge in [-0.25, -0.2) is 4.98 Å². The fourth-order valence-electron chi connectivity index (χ4n) is 2.66. The van der Waals surface area contributed by atoms with Gasteiger partial charge in [-0.15, -0.1) is 0 Å². The Morgan fingerprint density at radius 1 is 1.17 bits per heavy atom. The smallest absolute Gasteiger partial charge is 0.201 e. The van der Waals surface area contributed by atoms with Crippen LogP contribution in [0.1, 0.15) is 19.3 Å². The van der Waals surface area contributed by atoms with Crippen LogP contribution in [0.15, 0.2) is 18.5 Å². The minimum atomic E-state index is 0.593. The van der Waals surface area contributed by atoms with Crippen LogP contribution < -0.4 is 5.73 Å². The summed E-state index contributed by atoms with van der Waals surface area (Å²) in [6.07, 6.45) is 7.58. The number of nitrogens with zero attached hydrogens (tertiary/aromatic N) is 4. The molecule has 18 heavy (non-hydrogen) atoms. The van der Waals surface area contributed by atoms with Crippen molar-refractivity contribution in [2.45, 2.75) is 25.8 Å². The molecule has 0 bridgehead atoms. The summed E-state index contributed by atoms with van der Waals surface area (Å²) in [5.41, 5.74) is 7.94. The van der Waals surface area contributed by atoms with Gasteiger partial charge < -0.3 is 15.2 Å². The van der Waals surface area contributed by atoms with Gasteiger partial charge in [-0.3, -0.25) is 4.98 Å². The van der Waals surface area contributed by atoms with E-state index in [0.717, 1.165) is 24.1 Å². The first-order valence-corrected chi connectivity index (χ1v) is 6.63. The van der Waals surface area contributed by atoms with Gasteiger partial charge in [0.1, 0.15) is 5.52 Å². The molecule has 0 spiro atoms. The molecule has 0 atom stereocenters. The lowest BCUT2D eigenvalue weighted by Gasteiger charge is -2.26. The molecular formula is C13H19N5. The highest BCUT2D eigenvalue weighted by Gasteiger charge is 2.12. The predicted octanol–water partition coefficient (Wildman–Crippen LogP) is 1.50. The zero-order chi connectivity index (χ0) is 12.4. The van der Waals surface area contributed by atoms with Gasteiger partial charge in [-0.05, 0) is 32.0 Å². The van der Waals surface area contributed by atoms with E-state index in [4.69, 9.17) is 5.73 Å². The Labute approximate surface area is 107 Å². The Hall–Kier alpha value is -1.62. The van der Waals surface area contributed by atoms with Crippen molar-refractivity contribution < 1.29 is 0 Å². The topological polar surface area (TPSA) is 60.0 Å². The third-order valence-electron chi connectivity index (χ3n) is 3.67. The molecule has 0 radical (unpaired) electrons. The number of piperidine rings is 1. The second-order valence-corrected chi connectivity index (χ2v) is 4.89. The number of nitrogen functional groups attached to an aromatic ring is 1. The van der Waals surface area contributed by atoms with Crippen LogP contribution in [0.25, 0.3) is 11.0 Å². The standard InChI is InChI=1S/C13H19N5/c14-13-16-11-10-15-5-4-12(11)18(13)9-8-17-6-2-1-3-7-17/h4-5,10H,1-3,6-9H2,(H2,14,16). The monoisotopic (exact) mass is 245 g/mol. The van der Waals surface area contributed by atoms with Crippen LogP contribution >= 0.6 is 0 Å². The van der Waals surface area contributed by atoms with Crippen LogP contribution in [-0.4, -0.2) is 39.1 Å². The maximum Gasteiger partial charge on any atom is 0.201 e. The molecule has 0 amide bonds. The third-order valence-corrected chi connectivity index (χ3v) is 3.67. The molecule has 1 aliphatic rings. The van der Waals surface area contributed by atoms with Crippen LogP contribution in [0.3, 0.4) is 0 Å². The van der Waals surface area contributed by atoms with Crippen LogP contribution in [0, 0.1) is 0 Å². The summed E-state index contributed by atoms with van der Waals surface area (Å²) in [6.45, 7) is 4.40. The van der Waals surface area contributed by atoms with Gasteiger partial charge in [-0.1, -0.05) is 6.42 Å². The van der Waals surface area contributed by atoms with Crippen molar-refractivity contribution in [2.75, 3.05) is 25.4 Å². The lowest BCUT2D eigenvalue weighted by atomic mass is 10.1. The number of hydrogen-bond acceptors (Lipinski definition) is 4. The number of pyridine rings is 1. The number of imidazole rings is 1. The van der Waals surface area contributed by atoms with Crippen molar-refractivity contribution in [1.82, 2.24) is 19.4 Å². The fraction of sp³-hybridized carbons (Fsp3) is 0.538. The normalized spacial score (nSPS) is 17.3. The summed E-state index contributed by atoms with van der Waals surface area (Å²) in [7, 11) is 0. The first-order chi connectivity index (χ1) is 8.84. The van der Waals surface area contributed by atoms with Gasteiger partial charge in [0.2, 0.25) is 5.95 Å². The summed E-state index contributed by atoms with van der Waals surface area (Å²) in [5, 5.41) is 0. The molecule has 1 saturated heterocycles. The summed E-state index contributed by atoms with van der Waals surface area (Å²) in [6, 6.07) is 1.98.